The molecule has 15 heavy (non-hydrogen) atoms. The molecule has 0 aromatic heterocycles. The highest BCUT2D eigenvalue weighted by Gasteiger charge is 2.12. The first-order valence-electron chi connectivity index (χ1n) is 4.95. The number of hydrogen-bond donors (Lipinski definition) is 1. The third-order valence-corrected chi connectivity index (χ3v) is 2.35. The molecule has 0 bridgehead atoms. The van der Waals surface area contributed by atoms with Crippen molar-refractivity contribution in [1.82, 2.24) is 0 Å². The lowest BCUT2D eigenvalue weighted by atomic mass is 10.2. The van der Waals surface area contributed by atoms with Gasteiger partial charge in [-0.15, -0.1) is 0 Å². The lowest BCUT2D eigenvalue weighted by Gasteiger charge is -2.21. The quantitative estimate of drug-likeness (QED) is 0.854. The highest BCUT2D eigenvalue weighted by atomic mass is 35.5. The van der Waals surface area contributed by atoms with Gasteiger partial charge in [0.1, 0.15) is 0 Å². The molecule has 0 fully saturated rings. The number of rotatable bonds is 4. The first-order valence-corrected chi connectivity index (χ1v) is 5.32. The van der Waals surface area contributed by atoms with E-state index in [-0.39, 0.29) is 5.91 Å². The summed E-state index contributed by atoms with van der Waals surface area (Å²) in [6, 6.07) is 7.18. The summed E-state index contributed by atoms with van der Waals surface area (Å²) in [5.41, 5.74) is 6.31. The average Bonchev–Trinajstić information content (AvgIpc) is 2.26. The van der Waals surface area contributed by atoms with Gasteiger partial charge in [-0.25, -0.2) is 0 Å². The van der Waals surface area contributed by atoms with Crippen molar-refractivity contribution < 1.29 is 4.79 Å². The van der Waals surface area contributed by atoms with Gasteiger partial charge in [0.25, 0.3) is 0 Å². The highest BCUT2D eigenvalue weighted by molar-refractivity contribution is 6.30. The van der Waals surface area contributed by atoms with Gasteiger partial charge >= 0.3 is 0 Å². The monoisotopic (exact) mass is 226 g/mol. The van der Waals surface area contributed by atoms with E-state index in [2.05, 4.69) is 0 Å². The molecule has 0 unspecified atom stereocenters. The van der Waals surface area contributed by atoms with Crippen LogP contribution < -0.4 is 10.6 Å². The van der Waals surface area contributed by atoms with Gasteiger partial charge in [0.15, 0.2) is 0 Å². The number of benzene rings is 1. The molecule has 0 heterocycles. The topological polar surface area (TPSA) is 46.3 Å². The van der Waals surface area contributed by atoms with Crippen LogP contribution in [-0.4, -0.2) is 19.0 Å². The molecule has 1 rings (SSSR count). The zero-order valence-corrected chi connectivity index (χ0v) is 9.50. The molecular formula is C11H15ClN2O. The second-order valence-electron chi connectivity index (χ2n) is 3.16. The average molecular weight is 227 g/mol. The molecule has 1 amide bonds. The Morgan fingerprint density at radius 2 is 2.00 bits per heavy atom. The first kappa shape index (κ1) is 12.0. The van der Waals surface area contributed by atoms with Crippen molar-refractivity contribution in [1.29, 1.82) is 0 Å². The maximum Gasteiger partial charge on any atom is 0.226 e. The van der Waals surface area contributed by atoms with Crippen molar-refractivity contribution in [3.8, 4) is 0 Å². The van der Waals surface area contributed by atoms with Gasteiger partial charge in [0.2, 0.25) is 5.91 Å². The van der Waals surface area contributed by atoms with Crippen LogP contribution in [0.1, 0.15) is 13.3 Å². The van der Waals surface area contributed by atoms with Gasteiger partial charge in [-0.3, -0.25) is 4.79 Å². The van der Waals surface area contributed by atoms with E-state index in [1.807, 2.05) is 19.1 Å². The molecule has 0 radical (unpaired) electrons. The van der Waals surface area contributed by atoms with Crippen LogP contribution >= 0.6 is 11.6 Å². The Morgan fingerprint density at radius 3 is 2.47 bits per heavy atom. The van der Waals surface area contributed by atoms with Gasteiger partial charge in [0.05, 0.1) is 0 Å². The van der Waals surface area contributed by atoms with Crippen LogP contribution in [0.5, 0.6) is 0 Å². The molecule has 0 aliphatic heterocycles. The van der Waals surface area contributed by atoms with Crippen molar-refractivity contribution in [3.05, 3.63) is 29.3 Å². The Labute approximate surface area is 94.8 Å². The Morgan fingerprint density at radius 1 is 1.40 bits per heavy atom. The Bertz CT molecular complexity index is 324. The number of nitrogens with two attached hydrogens (primary N) is 1. The van der Waals surface area contributed by atoms with Gasteiger partial charge in [0, 0.05) is 30.2 Å². The summed E-state index contributed by atoms with van der Waals surface area (Å²) in [4.78, 5) is 13.3. The van der Waals surface area contributed by atoms with Gasteiger partial charge in [-0.2, -0.15) is 0 Å². The molecule has 2 N–H and O–H groups in total. The van der Waals surface area contributed by atoms with Crippen LogP contribution in [0.3, 0.4) is 0 Å². The molecule has 1 aromatic carbocycles. The fourth-order valence-electron chi connectivity index (χ4n) is 1.34. The predicted molar refractivity (Wildman–Crippen MR) is 63.2 cm³/mol. The third kappa shape index (κ3) is 3.22. The number of amides is 1. The summed E-state index contributed by atoms with van der Waals surface area (Å²) in [7, 11) is 0. The lowest BCUT2D eigenvalue weighted by molar-refractivity contribution is -0.118. The zero-order valence-electron chi connectivity index (χ0n) is 8.74. The van der Waals surface area contributed by atoms with E-state index in [1.54, 1.807) is 17.0 Å². The first-order chi connectivity index (χ1) is 7.19. The van der Waals surface area contributed by atoms with Gasteiger partial charge in [-0.05, 0) is 24.3 Å². The van der Waals surface area contributed by atoms with Crippen molar-refractivity contribution in [3.63, 3.8) is 0 Å². The maximum atomic E-state index is 11.6. The number of carbonyl (C=O) groups is 1. The minimum absolute atomic E-state index is 0.0720. The van der Waals surface area contributed by atoms with Crippen LogP contribution in [0.15, 0.2) is 24.3 Å². The predicted octanol–water partition coefficient (Wildman–Crippen LogP) is 2.04. The number of carbonyl (C=O) groups excluding carboxylic acids is 1. The van der Waals surface area contributed by atoms with Crippen LogP contribution in [0.4, 0.5) is 5.69 Å². The molecule has 4 heteroatoms. The van der Waals surface area contributed by atoms with E-state index >= 15 is 0 Å². The highest BCUT2D eigenvalue weighted by Crippen LogP contribution is 2.18. The summed E-state index contributed by atoms with van der Waals surface area (Å²) < 4.78 is 0. The third-order valence-electron chi connectivity index (χ3n) is 2.09. The van der Waals surface area contributed by atoms with E-state index in [0.717, 1.165) is 5.69 Å². The zero-order chi connectivity index (χ0) is 11.3. The fraction of sp³-hybridized carbons (Fsp3) is 0.364. The second kappa shape index (κ2) is 5.73. The summed E-state index contributed by atoms with van der Waals surface area (Å²) in [5, 5.41) is 0.662. The summed E-state index contributed by atoms with van der Waals surface area (Å²) in [5.74, 6) is 0.0720. The van der Waals surface area contributed by atoms with Gasteiger partial charge in [-0.1, -0.05) is 18.5 Å². The minimum Gasteiger partial charge on any atom is -0.329 e. The van der Waals surface area contributed by atoms with Crippen molar-refractivity contribution in [2.24, 2.45) is 5.73 Å². The van der Waals surface area contributed by atoms with Crippen LogP contribution in [0, 0.1) is 0 Å². The smallest absolute Gasteiger partial charge is 0.226 e. The molecule has 0 saturated heterocycles. The van der Waals surface area contributed by atoms with E-state index < -0.39 is 0 Å². The van der Waals surface area contributed by atoms with Crippen LogP contribution in [0.25, 0.3) is 0 Å². The molecule has 0 atom stereocenters. The van der Waals surface area contributed by atoms with E-state index in [0.29, 0.717) is 24.5 Å². The molecule has 0 aliphatic rings. The molecule has 0 saturated carbocycles. The molecule has 3 nitrogen and oxygen atoms in total. The number of halogens is 1. The molecule has 82 valence electrons. The van der Waals surface area contributed by atoms with Crippen molar-refractivity contribution in [2.45, 2.75) is 13.3 Å². The van der Waals surface area contributed by atoms with E-state index in [4.69, 9.17) is 17.3 Å². The van der Waals surface area contributed by atoms with E-state index in [1.165, 1.54) is 0 Å². The minimum atomic E-state index is 0.0720. The lowest BCUT2D eigenvalue weighted by Crippen LogP contribution is -2.34. The number of nitrogens with zero attached hydrogens (tertiary/aromatic N) is 1. The van der Waals surface area contributed by atoms with Gasteiger partial charge < -0.3 is 10.6 Å². The summed E-state index contributed by atoms with van der Waals surface area (Å²) in [6.07, 6.45) is 0.475. The number of anilines is 1. The number of hydrogen-bond acceptors (Lipinski definition) is 2. The standard InChI is InChI=1S/C11H15ClN2O/c1-2-11(15)14(8-7-13)10-5-3-9(12)4-6-10/h3-6H,2,7-8,13H2,1H3. The molecule has 1 aromatic rings. The molecular weight excluding hydrogens is 212 g/mol. The summed E-state index contributed by atoms with van der Waals surface area (Å²) >= 11 is 5.78. The Kier molecular flexibility index (Phi) is 4.59. The van der Waals surface area contributed by atoms with Crippen LogP contribution in [-0.2, 0) is 4.79 Å². The van der Waals surface area contributed by atoms with Crippen molar-refractivity contribution in [2.75, 3.05) is 18.0 Å². The summed E-state index contributed by atoms with van der Waals surface area (Å²) in [6.45, 7) is 2.82. The van der Waals surface area contributed by atoms with Crippen LogP contribution in [0.2, 0.25) is 5.02 Å². The Balaban J connectivity index is 2.88. The largest absolute Gasteiger partial charge is 0.329 e. The fourth-order valence-corrected chi connectivity index (χ4v) is 1.46. The van der Waals surface area contributed by atoms with Crippen molar-refractivity contribution >= 4 is 23.2 Å². The van der Waals surface area contributed by atoms with E-state index in [9.17, 15) is 4.79 Å². The Hall–Kier alpha value is -1.06. The second-order valence-corrected chi connectivity index (χ2v) is 3.60. The molecule has 0 spiro atoms. The SMILES string of the molecule is CCC(=O)N(CCN)c1ccc(Cl)cc1. The normalized spacial score (nSPS) is 10.1. The maximum absolute atomic E-state index is 11.6. The molecule has 0 aliphatic carbocycles.